The second-order valence-corrected chi connectivity index (χ2v) is 7.20. The highest BCUT2D eigenvalue weighted by molar-refractivity contribution is 6.30. The fraction of sp³-hybridized carbons (Fsp3) is 0.588. The number of urea groups is 1. The van der Waals surface area contributed by atoms with E-state index in [4.69, 9.17) is 16.3 Å². The molecule has 1 saturated heterocycles. The van der Waals surface area contributed by atoms with Crippen LogP contribution in [-0.4, -0.2) is 43.0 Å². The van der Waals surface area contributed by atoms with E-state index in [1.165, 1.54) is 0 Å². The number of carbonyl (C=O) groups excluding carboxylic acids is 1. The number of halogens is 1. The first-order valence-corrected chi connectivity index (χ1v) is 8.26. The second kappa shape index (κ2) is 7.51. The Hall–Kier alpha value is -1.30. The summed E-state index contributed by atoms with van der Waals surface area (Å²) in [6.07, 6.45) is 1.09. The van der Waals surface area contributed by atoms with Crippen LogP contribution < -0.4 is 10.6 Å². The molecule has 0 aliphatic carbocycles. The van der Waals surface area contributed by atoms with Gasteiger partial charge in [-0.25, -0.2) is 4.79 Å². The standard InChI is InChI=1S/C17H25ClN2O3/c1-16(2,13-3-5-14(18)6-4-13)11-19-15(21)20-12-17(22)7-9-23-10-8-17/h3-6,22H,7-12H2,1-2H3,(H2,19,20,21). The van der Waals surface area contributed by atoms with Crippen LogP contribution in [0.25, 0.3) is 0 Å². The minimum Gasteiger partial charge on any atom is -0.388 e. The average molecular weight is 341 g/mol. The Balaban J connectivity index is 1.80. The lowest BCUT2D eigenvalue weighted by Gasteiger charge is -2.32. The SMILES string of the molecule is CC(C)(CNC(=O)NCC1(O)CCOCC1)c1ccc(Cl)cc1. The number of carbonyl (C=O) groups is 1. The second-order valence-electron chi connectivity index (χ2n) is 6.76. The maximum atomic E-state index is 12.0. The summed E-state index contributed by atoms with van der Waals surface area (Å²) in [4.78, 5) is 12.0. The molecule has 1 aliphatic rings. The Morgan fingerprint density at radius 3 is 2.48 bits per heavy atom. The zero-order valence-corrected chi connectivity index (χ0v) is 14.4. The molecule has 0 saturated carbocycles. The number of amides is 2. The molecule has 0 spiro atoms. The third-order valence-electron chi connectivity index (χ3n) is 4.32. The lowest BCUT2D eigenvalue weighted by Crippen LogP contribution is -2.50. The van der Waals surface area contributed by atoms with Gasteiger partial charge < -0.3 is 20.5 Å². The Morgan fingerprint density at radius 2 is 1.87 bits per heavy atom. The van der Waals surface area contributed by atoms with E-state index in [1.54, 1.807) is 0 Å². The first kappa shape index (κ1) is 18.0. The number of benzene rings is 1. The molecular formula is C17H25ClN2O3. The van der Waals surface area contributed by atoms with Gasteiger partial charge in [0, 0.05) is 49.6 Å². The van der Waals surface area contributed by atoms with Crippen molar-refractivity contribution in [2.45, 2.75) is 37.7 Å². The van der Waals surface area contributed by atoms with Crippen molar-refractivity contribution >= 4 is 17.6 Å². The van der Waals surface area contributed by atoms with Gasteiger partial charge in [0.1, 0.15) is 0 Å². The highest BCUT2D eigenvalue weighted by atomic mass is 35.5. The van der Waals surface area contributed by atoms with Gasteiger partial charge in [-0.1, -0.05) is 37.6 Å². The van der Waals surface area contributed by atoms with Crippen molar-refractivity contribution in [3.05, 3.63) is 34.9 Å². The molecule has 0 radical (unpaired) electrons. The van der Waals surface area contributed by atoms with Gasteiger partial charge in [-0.3, -0.25) is 0 Å². The van der Waals surface area contributed by atoms with Crippen LogP contribution in [0, 0.1) is 0 Å². The topological polar surface area (TPSA) is 70.6 Å². The average Bonchev–Trinajstić information content (AvgIpc) is 2.52. The zero-order valence-electron chi connectivity index (χ0n) is 13.7. The summed E-state index contributed by atoms with van der Waals surface area (Å²) in [5, 5.41) is 16.6. The van der Waals surface area contributed by atoms with Gasteiger partial charge in [-0.05, 0) is 17.7 Å². The van der Waals surface area contributed by atoms with E-state index in [-0.39, 0.29) is 18.0 Å². The number of rotatable bonds is 5. The first-order chi connectivity index (χ1) is 10.8. The van der Waals surface area contributed by atoms with Crippen LogP contribution in [0.3, 0.4) is 0 Å². The molecule has 3 N–H and O–H groups in total. The molecule has 1 aliphatic heterocycles. The molecule has 1 fully saturated rings. The highest BCUT2D eigenvalue weighted by Gasteiger charge is 2.30. The van der Waals surface area contributed by atoms with Gasteiger partial charge in [0.05, 0.1) is 5.60 Å². The van der Waals surface area contributed by atoms with Crippen molar-refractivity contribution in [3.63, 3.8) is 0 Å². The smallest absolute Gasteiger partial charge is 0.314 e. The number of nitrogens with one attached hydrogen (secondary N) is 2. The van der Waals surface area contributed by atoms with Crippen LogP contribution in [0.15, 0.2) is 24.3 Å². The quantitative estimate of drug-likeness (QED) is 0.771. The van der Waals surface area contributed by atoms with E-state index >= 15 is 0 Å². The number of ether oxygens (including phenoxy) is 1. The van der Waals surface area contributed by atoms with Gasteiger partial charge in [0.2, 0.25) is 0 Å². The molecule has 0 bridgehead atoms. The Kier molecular flexibility index (Phi) is 5.89. The van der Waals surface area contributed by atoms with Crippen molar-refractivity contribution in [2.75, 3.05) is 26.3 Å². The summed E-state index contributed by atoms with van der Waals surface area (Å²) in [7, 11) is 0. The summed E-state index contributed by atoms with van der Waals surface area (Å²) >= 11 is 5.91. The van der Waals surface area contributed by atoms with Gasteiger partial charge >= 0.3 is 6.03 Å². The third-order valence-corrected chi connectivity index (χ3v) is 4.57. The number of hydrogen-bond acceptors (Lipinski definition) is 3. The van der Waals surface area contributed by atoms with Gasteiger partial charge in [-0.2, -0.15) is 0 Å². The molecule has 1 aromatic rings. The summed E-state index contributed by atoms with van der Waals surface area (Å²) < 4.78 is 5.22. The fourth-order valence-corrected chi connectivity index (χ4v) is 2.67. The molecule has 23 heavy (non-hydrogen) atoms. The molecular weight excluding hydrogens is 316 g/mol. The number of aliphatic hydroxyl groups is 1. The largest absolute Gasteiger partial charge is 0.388 e. The van der Waals surface area contributed by atoms with E-state index in [9.17, 15) is 9.90 Å². The van der Waals surface area contributed by atoms with Crippen LogP contribution in [0.5, 0.6) is 0 Å². The Morgan fingerprint density at radius 1 is 1.26 bits per heavy atom. The van der Waals surface area contributed by atoms with E-state index < -0.39 is 5.60 Å². The molecule has 5 nitrogen and oxygen atoms in total. The van der Waals surface area contributed by atoms with Crippen molar-refractivity contribution < 1.29 is 14.6 Å². The predicted molar refractivity (Wildman–Crippen MR) is 90.9 cm³/mol. The molecule has 0 unspecified atom stereocenters. The first-order valence-electron chi connectivity index (χ1n) is 7.89. The van der Waals surface area contributed by atoms with E-state index in [0.29, 0.717) is 37.6 Å². The van der Waals surface area contributed by atoms with Crippen LogP contribution in [0.2, 0.25) is 5.02 Å². The number of hydrogen-bond donors (Lipinski definition) is 3. The normalized spacial score (nSPS) is 17.6. The van der Waals surface area contributed by atoms with E-state index in [2.05, 4.69) is 24.5 Å². The summed E-state index contributed by atoms with van der Waals surface area (Å²) in [6, 6.07) is 7.35. The molecule has 2 amide bonds. The molecule has 1 aromatic carbocycles. The van der Waals surface area contributed by atoms with Crippen molar-refractivity contribution in [1.29, 1.82) is 0 Å². The molecule has 0 aromatic heterocycles. The predicted octanol–water partition coefficient (Wildman–Crippen LogP) is 2.46. The lowest BCUT2D eigenvalue weighted by atomic mass is 9.85. The van der Waals surface area contributed by atoms with Crippen molar-refractivity contribution in [1.82, 2.24) is 10.6 Å². The maximum absolute atomic E-state index is 12.0. The van der Waals surface area contributed by atoms with Gasteiger partial charge in [-0.15, -0.1) is 0 Å². The molecule has 6 heteroatoms. The van der Waals surface area contributed by atoms with E-state index in [0.717, 1.165) is 5.56 Å². The minimum absolute atomic E-state index is 0.211. The summed E-state index contributed by atoms with van der Waals surface area (Å²) in [5.41, 5.74) is 0.0315. The van der Waals surface area contributed by atoms with Crippen LogP contribution in [-0.2, 0) is 10.2 Å². The summed E-state index contributed by atoms with van der Waals surface area (Å²) in [6.45, 7) is 5.91. The van der Waals surface area contributed by atoms with Crippen LogP contribution in [0.4, 0.5) is 4.79 Å². The Labute approximate surface area is 142 Å². The molecule has 0 atom stereocenters. The van der Waals surface area contributed by atoms with Gasteiger partial charge in [0.25, 0.3) is 0 Å². The zero-order chi connectivity index (χ0) is 16.9. The van der Waals surface area contributed by atoms with Crippen molar-refractivity contribution in [2.24, 2.45) is 0 Å². The molecule has 128 valence electrons. The van der Waals surface area contributed by atoms with Crippen molar-refractivity contribution in [3.8, 4) is 0 Å². The van der Waals surface area contributed by atoms with Crippen LogP contribution >= 0.6 is 11.6 Å². The maximum Gasteiger partial charge on any atom is 0.314 e. The molecule has 2 rings (SSSR count). The van der Waals surface area contributed by atoms with Gasteiger partial charge in [0.15, 0.2) is 0 Å². The monoisotopic (exact) mass is 340 g/mol. The minimum atomic E-state index is -0.860. The Bertz CT molecular complexity index is 525. The lowest BCUT2D eigenvalue weighted by molar-refractivity contribution is -0.0600. The fourth-order valence-electron chi connectivity index (χ4n) is 2.54. The third kappa shape index (κ3) is 5.37. The highest BCUT2D eigenvalue weighted by Crippen LogP contribution is 2.24. The summed E-state index contributed by atoms with van der Waals surface area (Å²) in [5.74, 6) is 0. The van der Waals surface area contributed by atoms with Crippen LogP contribution in [0.1, 0.15) is 32.3 Å². The molecule has 1 heterocycles. The van der Waals surface area contributed by atoms with E-state index in [1.807, 2.05) is 24.3 Å².